The lowest BCUT2D eigenvalue weighted by Gasteiger charge is -1.89. The molecule has 0 amide bonds. The number of rotatable bonds is 3. The standard InChI is InChI=1S/C8H10N2OS/c11-8-9-5-7(6-10-8)3-1-2-4-12/h1,3,5-6,12H,2,4H2,(H,9,10,11). The summed E-state index contributed by atoms with van der Waals surface area (Å²) in [5, 5.41) is 0. The molecule has 12 heavy (non-hydrogen) atoms. The maximum absolute atomic E-state index is 10.5. The minimum absolute atomic E-state index is 0.318. The second-order valence-electron chi connectivity index (χ2n) is 2.27. The molecule has 0 fully saturated rings. The van der Waals surface area contributed by atoms with E-state index in [1.54, 1.807) is 6.20 Å². The Bertz CT molecular complexity index is 299. The molecular weight excluding hydrogens is 172 g/mol. The Morgan fingerprint density at radius 2 is 2.50 bits per heavy atom. The van der Waals surface area contributed by atoms with Crippen LogP contribution in [0.4, 0.5) is 0 Å². The second kappa shape index (κ2) is 4.77. The van der Waals surface area contributed by atoms with Gasteiger partial charge in [-0.25, -0.2) is 9.78 Å². The number of allylic oxidation sites excluding steroid dienone is 1. The number of aromatic amines is 1. The molecule has 1 aromatic rings. The van der Waals surface area contributed by atoms with Gasteiger partial charge in [-0.2, -0.15) is 12.6 Å². The summed E-state index contributed by atoms with van der Waals surface area (Å²) in [6.07, 6.45) is 7.97. The van der Waals surface area contributed by atoms with Crippen molar-refractivity contribution in [3.63, 3.8) is 0 Å². The molecule has 4 heteroatoms. The predicted octanol–water partition coefficient (Wildman–Crippen LogP) is 1.10. The van der Waals surface area contributed by atoms with Crippen molar-refractivity contribution < 1.29 is 0 Å². The van der Waals surface area contributed by atoms with Crippen molar-refractivity contribution in [3.8, 4) is 0 Å². The van der Waals surface area contributed by atoms with E-state index in [0.29, 0.717) is 0 Å². The topological polar surface area (TPSA) is 45.8 Å². The van der Waals surface area contributed by atoms with Crippen LogP contribution in [-0.4, -0.2) is 15.7 Å². The van der Waals surface area contributed by atoms with Crippen molar-refractivity contribution in [1.29, 1.82) is 0 Å². The Morgan fingerprint density at radius 3 is 3.08 bits per heavy atom. The molecule has 0 unspecified atom stereocenters. The predicted molar refractivity (Wildman–Crippen MR) is 52.4 cm³/mol. The summed E-state index contributed by atoms with van der Waals surface area (Å²) in [5.74, 6) is 0.827. The van der Waals surface area contributed by atoms with E-state index in [4.69, 9.17) is 0 Å². The number of aromatic nitrogens is 2. The molecule has 0 aromatic carbocycles. The molecule has 1 rings (SSSR count). The molecular formula is C8H10N2OS. The smallest absolute Gasteiger partial charge is 0.312 e. The van der Waals surface area contributed by atoms with E-state index in [1.807, 2.05) is 12.2 Å². The van der Waals surface area contributed by atoms with Crippen LogP contribution < -0.4 is 5.69 Å². The summed E-state index contributed by atoms with van der Waals surface area (Å²) in [6.45, 7) is 0. The van der Waals surface area contributed by atoms with Gasteiger partial charge in [0.15, 0.2) is 0 Å². The van der Waals surface area contributed by atoms with E-state index in [-0.39, 0.29) is 5.69 Å². The quantitative estimate of drug-likeness (QED) is 0.688. The number of hydrogen-bond acceptors (Lipinski definition) is 3. The van der Waals surface area contributed by atoms with Gasteiger partial charge in [0, 0.05) is 18.0 Å². The van der Waals surface area contributed by atoms with Gasteiger partial charge in [-0.15, -0.1) is 0 Å². The van der Waals surface area contributed by atoms with Crippen LogP contribution in [0.1, 0.15) is 12.0 Å². The van der Waals surface area contributed by atoms with Crippen LogP contribution in [0.15, 0.2) is 23.3 Å². The first-order valence-electron chi connectivity index (χ1n) is 3.65. The largest absolute Gasteiger partial charge is 0.344 e. The zero-order chi connectivity index (χ0) is 8.81. The molecule has 0 aliphatic rings. The third-order valence-corrected chi connectivity index (χ3v) is 1.56. The molecule has 0 radical (unpaired) electrons. The highest BCUT2D eigenvalue weighted by atomic mass is 32.1. The van der Waals surface area contributed by atoms with Gasteiger partial charge in [0.2, 0.25) is 0 Å². The van der Waals surface area contributed by atoms with E-state index in [0.717, 1.165) is 17.7 Å². The van der Waals surface area contributed by atoms with Crippen LogP contribution in [0, 0.1) is 0 Å². The van der Waals surface area contributed by atoms with E-state index in [9.17, 15) is 4.79 Å². The van der Waals surface area contributed by atoms with E-state index in [2.05, 4.69) is 22.6 Å². The number of nitrogens with zero attached hydrogens (tertiary/aromatic N) is 1. The van der Waals surface area contributed by atoms with Gasteiger partial charge in [0.1, 0.15) is 0 Å². The molecule has 1 N–H and O–H groups in total. The van der Waals surface area contributed by atoms with Gasteiger partial charge < -0.3 is 4.98 Å². The monoisotopic (exact) mass is 182 g/mol. The lowest BCUT2D eigenvalue weighted by molar-refractivity contribution is 1.07. The fraction of sp³-hybridized carbons (Fsp3) is 0.250. The molecule has 0 saturated carbocycles. The highest BCUT2D eigenvalue weighted by Crippen LogP contribution is 1.96. The van der Waals surface area contributed by atoms with Crippen LogP contribution >= 0.6 is 12.6 Å². The fourth-order valence-electron chi connectivity index (χ4n) is 0.738. The third-order valence-electron chi connectivity index (χ3n) is 1.30. The van der Waals surface area contributed by atoms with Crippen LogP contribution in [0.3, 0.4) is 0 Å². The number of hydrogen-bond donors (Lipinski definition) is 2. The first kappa shape index (κ1) is 9.06. The summed E-state index contributed by atoms with van der Waals surface area (Å²) in [4.78, 5) is 16.6. The van der Waals surface area contributed by atoms with Crippen molar-refractivity contribution in [2.75, 3.05) is 5.75 Å². The number of thiol groups is 1. The molecule has 1 aromatic heterocycles. The summed E-state index contributed by atoms with van der Waals surface area (Å²) in [6, 6.07) is 0. The minimum Gasteiger partial charge on any atom is -0.312 e. The minimum atomic E-state index is -0.318. The Labute approximate surface area is 76.0 Å². The van der Waals surface area contributed by atoms with Crippen molar-refractivity contribution in [1.82, 2.24) is 9.97 Å². The lowest BCUT2D eigenvalue weighted by atomic mass is 10.3. The van der Waals surface area contributed by atoms with E-state index in [1.165, 1.54) is 6.20 Å². The Kier molecular flexibility index (Phi) is 3.60. The van der Waals surface area contributed by atoms with Crippen molar-refractivity contribution in [3.05, 3.63) is 34.5 Å². The van der Waals surface area contributed by atoms with Gasteiger partial charge >= 0.3 is 5.69 Å². The third kappa shape index (κ3) is 2.92. The zero-order valence-electron chi connectivity index (χ0n) is 6.53. The maximum atomic E-state index is 10.5. The Morgan fingerprint density at radius 1 is 1.67 bits per heavy atom. The summed E-state index contributed by atoms with van der Waals surface area (Å²) in [5.41, 5.74) is 0.581. The number of H-pyrrole nitrogens is 1. The lowest BCUT2D eigenvalue weighted by Crippen LogP contribution is -2.07. The van der Waals surface area contributed by atoms with Gasteiger partial charge in [0.25, 0.3) is 0 Å². The van der Waals surface area contributed by atoms with Gasteiger partial charge in [-0.05, 0) is 12.2 Å². The average molecular weight is 182 g/mol. The first-order valence-corrected chi connectivity index (χ1v) is 4.28. The normalized spacial score (nSPS) is 10.8. The molecule has 0 saturated heterocycles. The molecule has 1 heterocycles. The highest BCUT2D eigenvalue weighted by molar-refractivity contribution is 7.80. The van der Waals surface area contributed by atoms with Gasteiger partial charge in [0.05, 0.1) is 0 Å². The summed E-state index contributed by atoms with van der Waals surface area (Å²) < 4.78 is 0. The van der Waals surface area contributed by atoms with Crippen molar-refractivity contribution >= 4 is 18.7 Å². The highest BCUT2D eigenvalue weighted by Gasteiger charge is 1.85. The van der Waals surface area contributed by atoms with Gasteiger partial charge in [-0.1, -0.05) is 12.2 Å². The van der Waals surface area contributed by atoms with Crippen molar-refractivity contribution in [2.24, 2.45) is 0 Å². The molecule has 64 valence electrons. The number of nitrogens with one attached hydrogen (secondary N) is 1. The van der Waals surface area contributed by atoms with Crippen LogP contribution in [-0.2, 0) is 0 Å². The molecule has 0 bridgehead atoms. The second-order valence-corrected chi connectivity index (χ2v) is 2.71. The van der Waals surface area contributed by atoms with Crippen molar-refractivity contribution in [2.45, 2.75) is 6.42 Å². The van der Waals surface area contributed by atoms with E-state index < -0.39 is 0 Å². The molecule has 0 atom stereocenters. The Balaban J connectivity index is 2.64. The van der Waals surface area contributed by atoms with Gasteiger partial charge in [-0.3, -0.25) is 0 Å². The first-order chi connectivity index (χ1) is 5.83. The summed E-state index contributed by atoms with van der Waals surface area (Å²) in [7, 11) is 0. The maximum Gasteiger partial charge on any atom is 0.344 e. The molecule has 0 aliphatic heterocycles. The Hall–Kier alpha value is -1.03. The van der Waals surface area contributed by atoms with E-state index >= 15 is 0 Å². The molecule has 3 nitrogen and oxygen atoms in total. The summed E-state index contributed by atoms with van der Waals surface area (Å²) >= 11 is 4.06. The molecule has 0 spiro atoms. The van der Waals surface area contributed by atoms with Crippen LogP contribution in [0.2, 0.25) is 0 Å². The fourth-order valence-corrected chi connectivity index (χ4v) is 0.887. The van der Waals surface area contributed by atoms with Crippen LogP contribution in [0.5, 0.6) is 0 Å². The molecule has 0 aliphatic carbocycles. The zero-order valence-corrected chi connectivity index (χ0v) is 7.42. The van der Waals surface area contributed by atoms with Crippen LogP contribution in [0.25, 0.3) is 6.08 Å². The average Bonchev–Trinajstić information content (AvgIpc) is 2.09. The SMILES string of the molecule is O=c1ncc(C=CCCS)c[nH]1.